The lowest BCUT2D eigenvalue weighted by Crippen LogP contribution is -2.57. The van der Waals surface area contributed by atoms with Gasteiger partial charge in [-0.15, -0.1) is 0 Å². The van der Waals surface area contributed by atoms with Crippen LogP contribution < -0.4 is 19.7 Å². The highest BCUT2D eigenvalue weighted by molar-refractivity contribution is 6.06. The molecule has 0 aliphatic carbocycles. The molecular formula is C13H16N2O4. The number of methoxy groups -OCH3 is 2. The summed E-state index contributed by atoms with van der Waals surface area (Å²) in [4.78, 5) is 25.1. The first-order chi connectivity index (χ1) is 9.06. The number of hydrogen-bond donors (Lipinski definition) is 1. The Hall–Kier alpha value is -2.24. The number of nitrogens with zero attached hydrogens (tertiary/aromatic N) is 1. The van der Waals surface area contributed by atoms with Gasteiger partial charge in [0.2, 0.25) is 11.8 Å². The Labute approximate surface area is 111 Å². The van der Waals surface area contributed by atoms with Crippen LogP contribution in [0.25, 0.3) is 0 Å². The Kier molecular flexibility index (Phi) is 3.59. The lowest BCUT2D eigenvalue weighted by atomic mass is 10.1. The number of amides is 2. The largest absolute Gasteiger partial charge is 0.497 e. The van der Waals surface area contributed by atoms with Gasteiger partial charge in [-0.1, -0.05) is 0 Å². The van der Waals surface area contributed by atoms with E-state index in [-0.39, 0.29) is 18.4 Å². The van der Waals surface area contributed by atoms with Crippen LogP contribution in [-0.4, -0.2) is 38.6 Å². The van der Waals surface area contributed by atoms with Gasteiger partial charge in [0.15, 0.2) is 0 Å². The lowest BCUT2D eigenvalue weighted by molar-refractivity contribution is -0.130. The van der Waals surface area contributed by atoms with Crippen LogP contribution in [0.5, 0.6) is 11.5 Å². The van der Waals surface area contributed by atoms with E-state index < -0.39 is 6.04 Å². The fourth-order valence-corrected chi connectivity index (χ4v) is 2.03. The Balaban J connectivity index is 2.43. The maximum atomic E-state index is 12.0. The van der Waals surface area contributed by atoms with Crippen molar-refractivity contribution < 1.29 is 19.1 Å². The molecule has 19 heavy (non-hydrogen) atoms. The lowest BCUT2D eigenvalue weighted by Gasteiger charge is -2.33. The molecule has 2 rings (SSSR count). The zero-order chi connectivity index (χ0) is 14.0. The number of anilines is 1. The summed E-state index contributed by atoms with van der Waals surface area (Å²) in [6.45, 7) is 1.68. The second-order valence-electron chi connectivity index (χ2n) is 4.23. The quantitative estimate of drug-likeness (QED) is 0.866. The Morgan fingerprint density at radius 2 is 1.74 bits per heavy atom. The molecule has 0 aromatic heterocycles. The molecule has 1 aliphatic rings. The number of benzene rings is 1. The van der Waals surface area contributed by atoms with E-state index in [0.717, 1.165) is 0 Å². The second kappa shape index (κ2) is 5.17. The zero-order valence-electron chi connectivity index (χ0n) is 11.1. The molecule has 1 unspecified atom stereocenters. The second-order valence-corrected chi connectivity index (χ2v) is 4.23. The fraction of sp³-hybridized carbons (Fsp3) is 0.385. The van der Waals surface area contributed by atoms with Crippen molar-refractivity contribution in [3.8, 4) is 11.5 Å². The number of rotatable bonds is 3. The van der Waals surface area contributed by atoms with Crippen LogP contribution in [0.15, 0.2) is 18.2 Å². The van der Waals surface area contributed by atoms with Gasteiger partial charge in [0.1, 0.15) is 17.5 Å². The molecule has 1 fully saturated rings. The van der Waals surface area contributed by atoms with E-state index in [2.05, 4.69) is 5.32 Å². The molecule has 1 saturated heterocycles. The average Bonchev–Trinajstić information content (AvgIpc) is 2.43. The van der Waals surface area contributed by atoms with Gasteiger partial charge in [-0.2, -0.15) is 0 Å². The summed E-state index contributed by atoms with van der Waals surface area (Å²) in [7, 11) is 3.07. The fourth-order valence-electron chi connectivity index (χ4n) is 2.03. The van der Waals surface area contributed by atoms with Crippen molar-refractivity contribution in [2.75, 3.05) is 25.7 Å². The third kappa shape index (κ3) is 2.47. The monoisotopic (exact) mass is 264 g/mol. The first-order valence-corrected chi connectivity index (χ1v) is 5.89. The van der Waals surface area contributed by atoms with Crippen molar-refractivity contribution >= 4 is 17.5 Å². The standard InChI is InChI=1S/C13H16N2O4/c1-8-13(17)14-7-12(16)15(8)9-4-10(18-2)6-11(5-9)19-3/h4-6,8H,7H2,1-3H3,(H,14,17). The molecule has 0 radical (unpaired) electrons. The summed E-state index contributed by atoms with van der Waals surface area (Å²) in [6, 6.07) is 4.56. The van der Waals surface area contributed by atoms with Crippen LogP contribution >= 0.6 is 0 Å². The molecule has 0 bridgehead atoms. The molecule has 0 saturated carbocycles. The minimum absolute atomic E-state index is 0.00268. The summed E-state index contributed by atoms with van der Waals surface area (Å²) >= 11 is 0. The SMILES string of the molecule is COc1cc(OC)cc(N2C(=O)CNC(=O)C2C)c1. The minimum Gasteiger partial charge on any atom is -0.497 e. The summed E-state index contributed by atoms with van der Waals surface area (Å²) in [5.74, 6) is 0.796. The summed E-state index contributed by atoms with van der Waals surface area (Å²) in [5, 5.41) is 2.55. The molecule has 2 amide bonds. The normalized spacial score (nSPS) is 19.1. The topological polar surface area (TPSA) is 67.9 Å². The van der Waals surface area contributed by atoms with Crippen molar-refractivity contribution in [3.05, 3.63) is 18.2 Å². The molecule has 1 N–H and O–H groups in total. The van der Waals surface area contributed by atoms with Crippen molar-refractivity contribution in [3.63, 3.8) is 0 Å². The van der Waals surface area contributed by atoms with Gasteiger partial charge in [-0.05, 0) is 6.92 Å². The molecule has 1 aliphatic heterocycles. The Morgan fingerprint density at radius 3 is 2.26 bits per heavy atom. The molecule has 0 spiro atoms. The van der Waals surface area contributed by atoms with E-state index in [1.54, 1.807) is 25.1 Å². The first-order valence-electron chi connectivity index (χ1n) is 5.89. The smallest absolute Gasteiger partial charge is 0.247 e. The third-order valence-electron chi connectivity index (χ3n) is 3.06. The van der Waals surface area contributed by atoms with Gasteiger partial charge in [-0.3, -0.25) is 14.5 Å². The van der Waals surface area contributed by atoms with Crippen molar-refractivity contribution in [2.45, 2.75) is 13.0 Å². The molecule has 6 nitrogen and oxygen atoms in total. The van der Waals surface area contributed by atoms with Crippen LogP contribution in [-0.2, 0) is 9.59 Å². The number of carbonyl (C=O) groups excluding carboxylic acids is 2. The van der Waals surface area contributed by atoms with Gasteiger partial charge in [0.05, 0.1) is 26.5 Å². The van der Waals surface area contributed by atoms with Crippen molar-refractivity contribution in [2.24, 2.45) is 0 Å². The van der Waals surface area contributed by atoms with Crippen LogP contribution in [0.2, 0.25) is 0 Å². The first kappa shape index (κ1) is 13.2. The summed E-state index contributed by atoms with van der Waals surface area (Å²) < 4.78 is 10.3. The third-order valence-corrected chi connectivity index (χ3v) is 3.06. The van der Waals surface area contributed by atoms with E-state index in [0.29, 0.717) is 17.2 Å². The Morgan fingerprint density at radius 1 is 1.16 bits per heavy atom. The summed E-state index contributed by atoms with van der Waals surface area (Å²) in [5.41, 5.74) is 0.587. The average molecular weight is 264 g/mol. The van der Waals surface area contributed by atoms with Crippen LogP contribution in [0.3, 0.4) is 0 Å². The van der Waals surface area contributed by atoms with E-state index in [1.807, 2.05) is 0 Å². The maximum Gasteiger partial charge on any atom is 0.247 e. The molecule has 1 aromatic carbocycles. The molecule has 102 valence electrons. The van der Waals surface area contributed by atoms with E-state index >= 15 is 0 Å². The Bertz CT molecular complexity index is 493. The van der Waals surface area contributed by atoms with Gasteiger partial charge in [0.25, 0.3) is 0 Å². The molecular weight excluding hydrogens is 248 g/mol. The number of ether oxygens (including phenoxy) is 2. The van der Waals surface area contributed by atoms with Gasteiger partial charge in [-0.25, -0.2) is 0 Å². The van der Waals surface area contributed by atoms with E-state index in [1.165, 1.54) is 19.1 Å². The predicted molar refractivity (Wildman–Crippen MR) is 69.5 cm³/mol. The highest BCUT2D eigenvalue weighted by Crippen LogP contribution is 2.30. The van der Waals surface area contributed by atoms with E-state index in [9.17, 15) is 9.59 Å². The molecule has 1 atom stereocenters. The number of piperazine rings is 1. The number of hydrogen-bond acceptors (Lipinski definition) is 4. The zero-order valence-corrected chi connectivity index (χ0v) is 11.1. The highest BCUT2D eigenvalue weighted by Gasteiger charge is 2.32. The van der Waals surface area contributed by atoms with Crippen LogP contribution in [0.4, 0.5) is 5.69 Å². The van der Waals surface area contributed by atoms with E-state index in [4.69, 9.17) is 9.47 Å². The van der Waals surface area contributed by atoms with Crippen molar-refractivity contribution in [1.82, 2.24) is 5.32 Å². The van der Waals surface area contributed by atoms with Crippen molar-refractivity contribution in [1.29, 1.82) is 0 Å². The van der Waals surface area contributed by atoms with Gasteiger partial charge < -0.3 is 14.8 Å². The van der Waals surface area contributed by atoms with Crippen LogP contribution in [0.1, 0.15) is 6.92 Å². The highest BCUT2D eigenvalue weighted by atomic mass is 16.5. The summed E-state index contributed by atoms with van der Waals surface area (Å²) in [6.07, 6.45) is 0. The molecule has 6 heteroatoms. The van der Waals surface area contributed by atoms with Gasteiger partial charge in [0, 0.05) is 18.2 Å². The number of carbonyl (C=O) groups is 2. The molecule has 1 aromatic rings. The maximum absolute atomic E-state index is 12.0. The number of nitrogens with one attached hydrogen (secondary N) is 1. The molecule has 1 heterocycles. The predicted octanol–water partition coefficient (Wildman–Crippen LogP) is 0.555. The van der Waals surface area contributed by atoms with Gasteiger partial charge >= 0.3 is 0 Å². The minimum atomic E-state index is -0.557. The van der Waals surface area contributed by atoms with Crippen LogP contribution in [0, 0.1) is 0 Å².